The Balaban J connectivity index is 1.85. The van der Waals surface area contributed by atoms with Gasteiger partial charge >= 0.3 is 0 Å². The second kappa shape index (κ2) is 6.10. The Hall–Kier alpha value is -1.75. The minimum atomic E-state index is 0.648. The van der Waals surface area contributed by atoms with E-state index in [-0.39, 0.29) is 0 Å². The predicted molar refractivity (Wildman–Crippen MR) is 63.3 cm³/mol. The Morgan fingerprint density at radius 2 is 1.71 bits per heavy atom. The van der Waals surface area contributed by atoms with E-state index in [9.17, 15) is 0 Å². The molecule has 2 heterocycles. The number of aromatic nitrogens is 3. The quantitative estimate of drug-likeness (QED) is 0.808. The molecule has 0 saturated heterocycles. The summed E-state index contributed by atoms with van der Waals surface area (Å²) < 4.78 is 5.51. The molecule has 0 bridgehead atoms. The second-order valence-corrected chi connectivity index (χ2v) is 3.84. The summed E-state index contributed by atoms with van der Waals surface area (Å²) in [6.45, 7) is 0.648. The topological polar surface area (TPSA) is 77.8 Å². The van der Waals surface area contributed by atoms with Crippen molar-refractivity contribution in [1.82, 2.24) is 15.2 Å². The standard InChI is InChI=1S/C12H16N4O/c13-7-1-2-11-15-16-12(17-11)4-3-10-5-8-14-9-6-10/h5-6,8-9H,1-4,7,13H2. The average Bonchev–Trinajstić information content (AvgIpc) is 2.83. The first-order chi connectivity index (χ1) is 8.38. The Labute approximate surface area is 100 Å². The largest absolute Gasteiger partial charge is 0.425 e. The molecule has 0 unspecified atom stereocenters. The third-order valence-electron chi connectivity index (χ3n) is 2.48. The van der Waals surface area contributed by atoms with Gasteiger partial charge in [-0.2, -0.15) is 0 Å². The molecule has 2 rings (SSSR count). The van der Waals surface area contributed by atoms with Gasteiger partial charge in [0.2, 0.25) is 11.8 Å². The minimum Gasteiger partial charge on any atom is -0.425 e. The number of pyridine rings is 1. The Kier molecular flexibility index (Phi) is 4.21. The molecule has 0 aliphatic carbocycles. The van der Waals surface area contributed by atoms with Crippen molar-refractivity contribution in [3.63, 3.8) is 0 Å². The summed E-state index contributed by atoms with van der Waals surface area (Å²) in [4.78, 5) is 3.97. The van der Waals surface area contributed by atoms with Crippen molar-refractivity contribution in [2.24, 2.45) is 5.73 Å². The fraction of sp³-hybridized carbons (Fsp3) is 0.417. The summed E-state index contributed by atoms with van der Waals surface area (Å²) >= 11 is 0. The number of hydrogen-bond donors (Lipinski definition) is 1. The summed E-state index contributed by atoms with van der Waals surface area (Å²) in [6, 6.07) is 3.98. The molecule has 90 valence electrons. The number of aryl methyl sites for hydroxylation is 3. The van der Waals surface area contributed by atoms with E-state index < -0.39 is 0 Å². The first-order valence-electron chi connectivity index (χ1n) is 5.78. The van der Waals surface area contributed by atoms with Crippen LogP contribution in [0, 0.1) is 0 Å². The van der Waals surface area contributed by atoms with Crippen LogP contribution in [0.15, 0.2) is 28.9 Å². The van der Waals surface area contributed by atoms with Gasteiger partial charge in [-0.05, 0) is 37.1 Å². The molecule has 0 amide bonds. The van der Waals surface area contributed by atoms with Gasteiger partial charge in [-0.15, -0.1) is 10.2 Å². The van der Waals surface area contributed by atoms with Crippen LogP contribution in [0.4, 0.5) is 0 Å². The molecular formula is C12H16N4O. The van der Waals surface area contributed by atoms with Crippen molar-refractivity contribution in [2.45, 2.75) is 25.7 Å². The summed E-state index contributed by atoms with van der Waals surface area (Å²) in [6.07, 6.45) is 6.87. The Morgan fingerprint density at radius 3 is 2.41 bits per heavy atom. The van der Waals surface area contributed by atoms with Crippen molar-refractivity contribution >= 4 is 0 Å². The number of nitrogens with two attached hydrogens (primary N) is 1. The van der Waals surface area contributed by atoms with E-state index in [0.717, 1.165) is 25.7 Å². The first-order valence-corrected chi connectivity index (χ1v) is 5.78. The molecule has 2 N–H and O–H groups in total. The van der Waals surface area contributed by atoms with E-state index >= 15 is 0 Å². The van der Waals surface area contributed by atoms with Gasteiger partial charge < -0.3 is 10.2 Å². The lowest BCUT2D eigenvalue weighted by Gasteiger charge is -1.96. The van der Waals surface area contributed by atoms with Gasteiger partial charge in [-0.25, -0.2) is 0 Å². The van der Waals surface area contributed by atoms with Crippen LogP contribution in [0.3, 0.4) is 0 Å². The molecule has 5 nitrogen and oxygen atoms in total. The zero-order valence-electron chi connectivity index (χ0n) is 9.67. The summed E-state index contributed by atoms with van der Waals surface area (Å²) in [5.74, 6) is 1.37. The third-order valence-corrected chi connectivity index (χ3v) is 2.48. The smallest absolute Gasteiger partial charge is 0.216 e. The lowest BCUT2D eigenvalue weighted by Crippen LogP contribution is -2.00. The zero-order chi connectivity index (χ0) is 11.9. The molecule has 0 atom stereocenters. The predicted octanol–water partition coefficient (Wildman–Crippen LogP) is 1.14. The molecule has 5 heteroatoms. The van der Waals surface area contributed by atoms with E-state index in [2.05, 4.69) is 15.2 Å². The molecule has 0 saturated carbocycles. The lowest BCUT2D eigenvalue weighted by atomic mass is 10.1. The summed E-state index contributed by atoms with van der Waals surface area (Å²) in [7, 11) is 0. The average molecular weight is 232 g/mol. The zero-order valence-corrected chi connectivity index (χ0v) is 9.67. The van der Waals surface area contributed by atoms with Gasteiger partial charge in [0, 0.05) is 25.2 Å². The third kappa shape index (κ3) is 3.64. The van der Waals surface area contributed by atoms with Crippen LogP contribution in [-0.2, 0) is 19.3 Å². The molecule has 0 fully saturated rings. The highest BCUT2D eigenvalue weighted by molar-refractivity contribution is 5.10. The van der Waals surface area contributed by atoms with Crippen LogP contribution in [0.5, 0.6) is 0 Å². The lowest BCUT2D eigenvalue weighted by molar-refractivity contribution is 0.444. The van der Waals surface area contributed by atoms with E-state index in [1.54, 1.807) is 12.4 Å². The minimum absolute atomic E-state index is 0.648. The van der Waals surface area contributed by atoms with Crippen LogP contribution in [0.1, 0.15) is 23.8 Å². The maximum atomic E-state index is 5.51. The highest BCUT2D eigenvalue weighted by atomic mass is 16.4. The Morgan fingerprint density at radius 1 is 1.00 bits per heavy atom. The van der Waals surface area contributed by atoms with Gasteiger partial charge in [-0.1, -0.05) is 0 Å². The van der Waals surface area contributed by atoms with Crippen molar-refractivity contribution in [2.75, 3.05) is 6.54 Å². The summed E-state index contributed by atoms with van der Waals surface area (Å²) in [5.41, 5.74) is 6.65. The van der Waals surface area contributed by atoms with Gasteiger partial charge in [0.05, 0.1) is 0 Å². The first kappa shape index (κ1) is 11.7. The number of hydrogen-bond acceptors (Lipinski definition) is 5. The van der Waals surface area contributed by atoms with E-state index in [1.165, 1.54) is 5.56 Å². The van der Waals surface area contributed by atoms with Gasteiger partial charge in [0.25, 0.3) is 0 Å². The van der Waals surface area contributed by atoms with Crippen molar-refractivity contribution in [3.8, 4) is 0 Å². The second-order valence-electron chi connectivity index (χ2n) is 3.84. The van der Waals surface area contributed by atoms with Crippen molar-refractivity contribution < 1.29 is 4.42 Å². The molecule has 0 aromatic carbocycles. The fourth-order valence-corrected chi connectivity index (χ4v) is 1.54. The van der Waals surface area contributed by atoms with Crippen LogP contribution < -0.4 is 5.73 Å². The molecular weight excluding hydrogens is 216 g/mol. The van der Waals surface area contributed by atoms with Gasteiger partial charge in [-0.3, -0.25) is 4.98 Å². The van der Waals surface area contributed by atoms with E-state index in [0.29, 0.717) is 18.3 Å². The molecule has 2 aromatic heterocycles. The summed E-state index contributed by atoms with van der Waals surface area (Å²) in [5, 5.41) is 7.99. The van der Waals surface area contributed by atoms with Crippen LogP contribution in [-0.4, -0.2) is 21.7 Å². The fourth-order valence-electron chi connectivity index (χ4n) is 1.54. The van der Waals surface area contributed by atoms with E-state index in [1.807, 2.05) is 12.1 Å². The van der Waals surface area contributed by atoms with Crippen LogP contribution in [0.2, 0.25) is 0 Å². The molecule has 17 heavy (non-hydrogen) atoms. The number of rotatable bonds is 6. The molecule has 0 spiro atoms. The maximum Gasteiger partial charge on any atom is 0.216 e. The van der Waals surface area contributed by atoms with Crippen molar-refractivity contribution in [1.29, 1.82) is 0 Å². The van der Waals surface area contributed by atoms with Gasteiger partial charge in [0.15, 0.2) is 0 Å². The highest BCUT2D eigenvalue weighted by Gasteiger charge is 2.05. The van der Waals surface area contributed by atoms with Crippen LogP contribution >= 0.6 is 0 Å². The SMILES string of the molecule is NCCCc1nnc(CCc2ccncc2)o1. The molecule has 0 aliphatic heterocycles. The highest BCUT2D eigenvalue weighted by Crippen LogP contribution is 2.07. The van der Waals surface area contributed by atoms with Crippen LogP contribution in [0.25, 0.3) is 0 Å². The molecule has 0 radical (unpaired) electrons. The van der Waals surface area contributed by atoms with Crippen molar-refractivity contribution in [3.05, 3.63) is 41.9 Å². The molecule has 0 aliphatic rings. The van der Waals surface area contributed by atoms with E-state index in [4.69, 9.17) is 10.2 Å². The Bertz CT molecular complexity index is 441. The monoisotopic (exact) mass is 232 g/mol. The normalized spacial score (nSPS) is 10.6. The molecule has 2 aromatic rings. The maximum absolute atomic E-state index is 5.51. The number of nitrogens with zero attached hydrogens (tertiary/aromatic N) is 3. The van der Waals surface area contributed by atoms with Gasteiger partial charge in [0.1, 0.15) is 0 Å².